The third-order valence-electron chi connectivity index (χ3n) is 8.45. The van der Waals surface area contributed by atoms with Crippen molar-refractivity contribution in [1.82, 2.24) is 25.3 Å². The van der Waals surface area contributed by atoms with Crippen LogP contribution >= 0.6 is 0 Å². The van der Waals surface area contributed by atoms with Gasteiger partial charge in [-0.15, -0.1) is 0 Å². The van der Waals surface area contributed by atoms with Crippen molar-refractivity contribution >= 4 is 34.3 Å². The molecule has 2 amide bonds. The van der Waals surface area contributed by atoms with Crippen LogP contribution < -0.4 is 15.8 Å². The quantitative estimate of drug-likeness (QED) is 0.281. The maximum Gasteiger partial charge on any atom is 0.407 e. The van der Waals surface area contributed by atoms with Crippen molar-refractivity contribution < 1.29 is 23.1 Å². The molecule has 1 saturated carbocycles. The predicted molar refractivity (Wildman–Crippen MR) is 161 cm³/mol. The molecule has 1 spiro atoms. The minimum absolute atomic E-state index is 0.0115. The molecule has 12 heteroatoms. The van der Waals surface area contributed by atoms with Crippen molar-refractivity contribution in [3.8, 4) is 11.1 Å². The molecule has 230 valence electrons. The summed E-state index contributed by atoms with van der Waals surface area (Å²) >= 11 is 0. The van der Waals surface area contributed by atoms with Gasteiger partial charge in [-0.1, -0.05) is 37.5 Å². The third kappa shape index (κ3) is 4.91. The van der Waals surface area contributed by atoms with Gasteiger partial charge in [-0.2, -0.15) is 10.2 Å². The summed E-state index contributed by atoms with van der Waals surface area (Å²) in [4.78, 5) is 41.0. The van der Waals surface area contributed by atoms with Gasteiger partial charge in [0.15, 0.2) is 0 Å². The van der Waals surface area contributed by atoms with Gasteiger partial charge in [-0.3, -0.25) is 19.2 Å². The van der Waals surface area contributed by atoms with Crippen molar-refractivity contribution in [2.75, 3.05) is 4.90 Å². The number of benzene rings is 2. The molecule has 0 bridgehead atoms. The number of nitrogens with one attached hydrogen (secondary N) is 2. The largest absolute Gasteiger partial charge is 0.444 e. The highest BCUT2D eigenvalue weighted by molar-refractivity contribution is 6.14. The molecule has 2 aromatic carbocycles. The molecule has 2 aliphatic rings. The van der Waals surface area contributed by atoms with E-state index in [-0.39, 0.29) is 18.0 Å². The van der Waals surface area contributed by atoms with Crippen LogP contribution in [-0.4, -0.2) is 37.6 Å². The minimum atomic E-state index is -2.72. The first kappa shape index (κ1) is 29.5. The summed E-state index contributed by atoms with van der Waals surface area (Å²) in [5.74, 6) is 0.210. The molecule has 3 heterocycles. The summed E-state index contributed by atoms with van der Waals surface area (Å²) in [7, 11) is 1.71. The summed E-state index contributed by atoms with van der Waals surface area (Å²) in [6.45, 7) is 5.26. The van der Waals surface area contributed by atoms with E-state index in [1.165, 1.54) is 6.07 Å². The fourth-order valence-corrected chi connectivity index (χ4v) is 6.60. The van der Waals surface area contributed by atoms with Gasteiger partial charge >= 0.3 is 6.09 Å². The van der Waals surface area contributed by atoms with Gasteiger partial charge in [-0.05, 0) is 57.4 Å². The molecule has 10 nitrogen and oxygen atoms in total. The standard InChI is InChI=1S/C32H34F2N6O4/c1-31(2,3)44-30(43)35-17-23-21-15-18(11-12-19(21)27(41)38-37-23)22-16-36-39(4)28(22)40-24-10-8-9-20(26(33)34)25(24)32(29(40)42)13-6-5-7-14-32/h8-12,15-16,26H,5-7,13-14,17H2,1-4H3,(H,35,43)(H,38,41). The molecule has 1 aliphatic heterocycles. The SMILES string of the molecule is Cn1ncc(-c2ccc3c(=O)[nH]nc(CNC(=O)OC(C)(C)C)c3c2)c1N1C(=O)C2(CCCCC2)c2c(C(F)F)cccc21. The summed E-state index contributed by atoms with van der Waals surface area (Å²) in [6.07, 6.45) is 1.79. The number of aromatic nitrogens is 4. The topological polar surface area (TPSA) is 122 Å². The number of halogens is 2. The molecule has 1 fully saturated rings. The Hall–Kier alpha value is -4.61. The zero-order chi connectivity index (χ0) is 31.4. The van der Waals surface area contributed by atoms with E-state index in [2.05, 4.69) is 20.6 Å². The molecule has 44 heavy (non-hydrogen) atoms. The summed E-state index contributed by atoms with van der Waals surface area (Å²) < 4.78 is 35.7. The van der Waals surface area contributed by atoms with Crippen LogP contribution in [0.4, 0.5) is 25.1 Å². The lowest BCUT2D eigenvalue weighted by Crippen LogP contribution is -2.41. The molecule has 6 rings (SSSR count). The molecular formula is C32H34F2N6O4. The number of alkyl halides is 2. The van der Waals surface area contributed by atoms with Crippen molar-refractivity contribution in [3.63, 3.8) is 0 Å². The first-order valence-corrected chi connectivity index (χ1v) is 14.7. The number of fused-ring (bicyclic) bond motifs is 3. The second kappa shape index (κ2) is 10.8. The van der Waals surface area contributed by atoms with E-state index in [4.69, 9.17) is 4.74 Å². The van der Waals surface area contributed by atoms with E-state index < -0.39 is 29.1 Å². The zero-order valence-corrected chi connectivity index (χ0v) is 25.0. The van der Waals surface area contributed by atoms with Gasteiger partial charge in [0.05, 0.1) is 34.9 Å². The summed E-state index contributed by atoms with van der Waals surface area (Å²) in [5, 5.41) is 14.6. The van der Waals surface area contributed by atoms with Crippen LogP contribution in [0.2, 0.25) is 0 Å². The Kier molecular flexibility index (Phi) is 7.25. The Balaban J connectivity index is 1.46. The van der Waals surface area contributed by atoms with Crippen LogP contribution in [-0.2, 0) is 28.5 Å². The lowest BCUT2D eigenvalue weighted by molar-refractivity contribution is -0.123. The maximum atomic E-state index is 14.4. The number of hydrogen-bond donors (Lipinski definition) is 2. The Labute approximate surface area is 252 Å². The number of alkyl carbamates (subject to hydrolysis) is 1. The number of aryl methyl sites for hydroxylation is 1. The first-order valence-electron chi connectivity index (χ1n) is 14.7. The Morgan fingerprint density at radius 2 is 1.86 bits per heavy atom. The minimum Gasteiger partial charge on any atom is -0.444 e. The Morgan fingerprint density at radius 1 is 1.11 bits per heavy atom. The molecule has 4 aromatic rings. The molecule has 0 unspecified atom stereocenters. The molecular weight excluding hydrogens is 570 g/mol. The van der Waals surface area contributed by atoms with Gasteiger partial charge in [0.2, 0.25) is 5.91 Å². The highest BCUT2D eigenvalue weighted by atomic mass is 19.3. The predicted octanol–water partition coefficient (Wildman–Crippen LogP) is 6.17. The average molecular weight is 605 g/mol. The number of nitrogens with zero attached hydrogens (tertiary/aromatic N) is 4. The number of carbonyl (C=O) groups excluding carboxylic acids is 2. The monoisotopic (exact) mass is 604 g/mol. The van der Waals surface area contributed by atoms with E-state index >= 15 is 0 Å². The highest BCUT2D eigenvalue weighted by Crippen LogP contribution is 2.55. The number of H-pyrrole nitrogens is 1. The first-order chi connectivity index (χ1) is 20.9. The van der Waals surface area contributed by atoms with Gasteiger partial charge < -0.3 is 10.1 Å². The normalized spacial score (nSPS) is 16.2. The fourth-order valence-electron chi connectivity index (χ4n) is 6.60. The molecule has 0 radical (unpaired) electrons. The maximum absolute atomic E-state index is 14.4. The van der Waals surface area contributed by atoms with E-state index in [1.807, 2.05) is 0 Å². The molecule has 2 N–H and O–H groups in total. The van der Waals surface area contributed by atoms with Gasteiger partial charge in [0, 0.05) is 29.1 Å². The Bertz CT molecular complexity index is 1830. The number of aromatic amines is 1. The second-order valence-corrected chi connectivity index (χ2v) is 12.4. The number of rotatable bonds is 5. The smallest absolute Gasteiger partial charge is 0.407 e. The number of hydrogen-bond acceptors (Lipinski definition) is 6. The third-order valence-corrected chi connectivity index (χ3v) is 8.45. The van der Waals surface area contributed by atoms with Crippen molar-refractivity contribution in [1.29, 1.82) is 0 Å². The summed E-state index contributed by atoms with van der Waals surface area (Å²) in [6, 6.07) is 9.87. The van der Waals surface area contributed by atoms with Crippen LogP contribution in [0.3, 0.4) is 0 Å². The van der Waals surface area contributed by atoms with E-state index in [1.54, 1.807) is 73.9 Å². The number of amides is 2. The Morgan fingerprint density at radius 3 is 2.57 bits per heavy atom. The lowest BCUT2D eigenvalue weighted by atomic mass is 9.69. The zero-order valence-electron chi connectivity index (χ0n) is 25.0. The molecule has 0 atom stereocenters. The molecule has 1 aliphatic carbocycles. The fraction of sp³-hybridized carbons (Fsp3) is 0.406. The molecule has 2 aromatic heterocycles. The van der Waals surface area contributed by atoms with E-state index in [0.717, 1.165) is 19.3 Å². The van der Waals surface area contributed by atoms with Gasteiger partial charge in [0.25, 0.3) is 12.0 Å². The number of carbonyl (C=O) groups is 2. The van der Waals surface area contributed by atoms with Gasteiger partial charge in [-0.25, -0.2) is 18.7 Å². The highest BCUT2D eigenvalue weighted by Gasteiger charge is 2.54. The van der Waals surface area contributed by atoms with E-state index in [0.29, 0.717) is 57.5 Å². The lowest BCUT2D eigenvalue weighted by Gasteiger charge is -2.33. The average Bonchev–Trinajstić information content (AvgIpc) is 3.46. The van der Waals surface area contributed by atoms with Crippen LogP contribution in [0.1, 0.15) is 76.1 Å². The van der Waals surface area contributed by atoms with Crippen LogP contribution in [0.15, 0.2) is 47.4 Å². The van der Waals surface area contributed by atoms with Crippen molar-refractivity contribution in [2.45, 2.75) is 76.9 Å². The van der Waals surface area contributed by atoms with Crippen LogP contribution in [0.5, 0.6) is 0 Å². The van der Waals surface area contributed by atoms with Crippen molar-refractivity contribution in [3.05, 3.63) is 69.8 Å². The number of anilines is 2. The van der Waals surface area contributed by atoms with E-state index in [9.17, 15) is 23.2 Å². The molecule has 0 saturated heterocycles. The second-order valence-electron chi connectivity index (χ2n) is 12.4. The summed E-state index contributed by atoms with van der Waals surface area (Å²) in [5.41, 5.74) is 0.255. The van der Waals surface area contributed by atoms with Crippen LogP contribution in [0.25, 0.3) is 21.9 Å². The number of ether oxygens (including phenoxy) is 1. The van der Waals surface area contributed by atoms with Crippen molar-refractivity contribution in [2.24, 2.45) is 7.05 Å². The van der Waals surface area contributed by atoms with Crippen LogP contribution in [0, 0.1) is 0 Å². The van der Waals surface area contributed by atoms with Gasteiger partial charge in [0.1, 0.15) is 11.4 Å².